The quantitative estimate of drug-likeness (QED) is 0.841. The number of rotatable bonds is 3. The van der Waals surface area contributed by atoms with E-state index < -0.39 is 0 Å². The number of likely N-dealkylation sites (tertiary alicyclic amines) is 1. The van der Waals surface area contributed by atoms with Gasteiger partial charge in [0.25, 0.3) is 0 Å². The number of carbonyl (C=O) groups is 1. The molecule has 1 fully saturated rings. The Bertz CT molecular complexity index is 635. The topological polar surface area (TPSA) is 20.3 Å². The van der Waals surface area contributed by atoms with Crippen molar-refractivity contribution in [3.8, 4) is 0 Å². The van der Waals surface area contributed by atoms with E-state index in [1.54, 1.807) is 0 Å². The highest BCUT2D eigenvalue weighted by Crippen LogP contribution is 2.35. The van der Waals surface area contributed by atoms with E-state index >= 15 is 0 Å². The summed E-state index contributed by atoms with van der Waals surface area (Å²) in [5, 5.41) is 0. The van der Waals surface area contributed by atoms with Crippen LogP contribution < -0.4 is 0 Å². The molecule has 2 heteroatoms. The van der Waals surface area contributed by atoms with Gasteiger partial charge in [0.05, 0.1) is 0 Å². The molecule has 0 spiro atoms. The van der Waals surface area contributed by atoms with Crippen molar-refractivity contribution in [1.29, 1.82) is 0 Å². The number of likely N-dealkylation sites (N-methyl/N-ethyl adjacent to an activating group) is 1. The molecule has 2 nitrogen and oxygen atoms in total. The van der Waals surface area contributed by atoms with Gasteiger partial charge in [-0.05, 0) is 24.5 Å². The van der Waals surface area contributed by atoms with Gasteiger partial charge in [-0.15, -0.1) is 0 Å². The van der Waals surface area contributed by atoms with Gasteiger partial charge in [0.2, 0.25) is 5.91 Å². The molecule has 108 valence electrons. The Morgan fingerprint density at radius 2 is 1.86 bits per heavy atom. The summed E-state index contributed by atoms with van der Waals surface area (Å²) in [5.41, 5.74) is 3.85. The summed E-state index contributed by atoms with van der Waals surface area (Å²) in [4.78, 5) is 14.1. The van der Waals surface area contributed by atoms with Crippen LogP contribution in [0.25, 0.3) is 0 Å². The van der Waals surface area contributed by atoms with Crippen molar-refractivity contribution in [1.82, 2.24) is 4.90 Å². The SMILES string of the molecule is Cc1cccc(C[C@H]2[C@@H](c3ccccc3)CC(=O)N2C)c1. The zero-order valence-corrected chi connectivity index (χ0v) is 12.6. The van der Waals surface area contributed by atoms with E-state index in [-0.39, 0.29) is 11.9 Å². The summed E-state index contributed by atoms with van der Waals surface area (Å²) in [6.45, 7) is 2.11. The summed E-state index contributed by atoms with van der Waals surface area (Å²) >= 11 is 0. The van der Waals surface area contributed by atoms with Gasteiger partial charge >= 0.3 is 0 Å². The largest absolute Gasteiger partial charge is 0.342 e. The highest BCUT2D eigenvalue weighted by Gasteiger charge is 2.38. The zero-order valence-electron chi connectivity index (χ0n) is 12.6. The molecule has 2 aromatic carbocycles. The Morgan fingerprint density at radius 3 is 2.57 bits per heavy atom. The Labute approximate surface area is 126 Å². The maximum absolute atomic E-state index is 12.2. The van der Waals surface area contributed by atoms with Crippen LogP contribution in [0.4, 0.5) is 0 Å². The third-order valence-corrected chi connectivity index (χ3v) is 4.50. The number of benzene rings is 2. The Morgan fingerprint density at radius 1 is 1.10 bits per heavy atom. The minimum atomic E-state index is 0.251. The molecule has 0 radical (unpaired) electrons. The Kier molecular flexibility index (Phi) is 3.78. The van der Waals surface area contributed by atoms with E-state index in [2.05, 4.69) is 55.5 Å². The zero-order chi connectivity index (χ0) is 14.8. The van der Waals surface area contributed by atoms with Gasteiger partial charge < -0.3 is 4.90 Å². The lowest BCUT2D eigenvalue weighted by atomic mass is 9.88. The van der Waals surface area contributed by atoms with Crippen LogP contribution in [0.3, 0.4) is 0 Å². The Hall–Kier alpha value is -2.09. The lowest BCUT2D eigenvalue weighted by Crippen LogP contribution is -2.32. The predicted molar refractivity (Wildman–Crippen MR) is 85.2 cm³/mol. The van der Waals surface area contributed by atoms with Gasteiger partial charge in [0.15, 0.2) is 0 Å². The minimum absolute atomic E-state index is 0.251. The molecule has 1 saturated heterocycles. The predicted octanol–water partition coefficient (Wildman–Crippen LogP) is 3.55. The van der Waals surface area contributed by atoms with E-state index in [1.165, 1.54) is 16.7 Å². The van der Waals surface area contributed by atoms with Crippen LogP contribution in [0.2, 0.25) is 0 Å². The van der Waals surface area contributed by atoms with Gasteiger partial charge in [-0.3, -0.25) is 4.79 Å². The van der Waals surface area contributed by atoms with E-state index in [0.29, 0.717) is 12.3 Å². The molecular weight excluding hydrogens is 258 g/mol. The standard InChI is InChI=1S/C19H21NO/c1-14-7-6-8-15(11-14)12-18-17(13-19(21)20(18)2)16-9-4-3-5-10-16/h3-11,17-18H,12-13H2,1-2H3/t17-,18+/m1/s1. The monoisotopic (exact) mass is 279 g/mol. The number of hydrogen-bond donors (Lipinski definition) is 0. The van der Waals surface area contributed by atoms with Crippen LogP contribution in [0, 0.1) is 6.92 Å². The summed E-state index contributed by atoms with van der Waals surface area (Å²) < 4.78 is 0. The van der Waals surface area contributed by atoms with E-state index in [9.17, 15) is 4.79 Å². The van der Waals surface area contributed by atoms with E-state index in [0.717, 1.165) is 6.42 Å². The minimum Gasteiger partial charge on any atom is -0.342 e. The van der Waals surface area contributed by atoms with Gasteiger partial charge in [0, 0.05) is 25.4 Å². The van der Waals surface area contributed by atoms with Crippen LogP contribution in [0.15, 0.2) is 54.6 Å². The maximum atomic E-state index is 12.2. The molecular formula is C19H21NO. The number of aryl methyl sites for hydroxylation is 1. The van der Waals surface area contributed by atoms with Crippen molar-refractivity contribution in [3.05, 3.63) is 71.3 Å². The smallest absolute Gasteiger partial charge is 0.223 e. The van der Waals surface area contributed by atoms with Gasteiger partial charge in [-0.1, -0.05) is 60.2 Å². The second-order valence-electron chi connectivity index (χ2n) is 5.99. The second-order valence-corrected chi connectivity index (χ2v) is 5.99. The first-order valence-electron chi connectivity index (χ1n) is 7.51. The molecule has 0 aromatic heterocycles. The first kappa shape index (κ1) is 13.9. The maximum Gasteiger partial charge on any atom is 0.223 e. The van der Waals surface area contributed by atoms with Crippen LogP contribution >= 0.6 is 0 Å². The molecule has 0 unspecified atom stereocenters. The van der Waals surface area contributed by atoms with Crippen LogP contribution in [-0.4, -0.2) is 23.9 Å². The molecule has 1 heterocycles. The fourth-order valence-corrected chi connectivity index (χ4v) is 3.32. The van der Waals surface area contributed by atoms with Crippen LogP contribution in [-0.2, 0) is 11.2 Å². The average Bonchev–Trinajstić information content (AvgIpc) is 2.77. The van der Waals surface area contributed by atoms with E-state index in [1.807, 2.05) is 18.0 Å². The molecule has 2 atom stereocenters. The number of hydrogen-bond acceptors (Lipinski definition) is 1. The average molecular weight is 279 g/mol. The number of amides is 1. The summed E-state index contributed by atoms with van der Waals surface area (Å²) in [7, 11) is 1.94. The first-order valence-corrected chi connectivity index (χ1v) is 7.51. The highest BCUT2D eigenvalue weighted by atomic mass is 16.2. The van der Waals surface area contributed by atoms with Crippen LogP contribution in [0.1, 0.15) is 29.0 Å². The number of nitrogens with zero attached hydrogens (tertiary/aromatic N) is 1. The molecule has 0 saturated carbocycles. The molecule has 2 aromatic rings. The summed E-state index contributed by atoms with van der Waals surface area (Å²) in [5.74, 6) is 0.547. The molecule has 1 amide bonds. The molecule has 1 aliphatic rings. The second kappa shape index (κ2) is 5.72. The molecule has 0 N–H and O–H groups in total. The molecule has 21 heavy (non-hydrogen) atoms. The van der Waals surface area contributed by atoms with Crippen molar-refractivity contribution >= 4 is 5.91 Å². The van der Waals surface area contributed by atoms with Crippen molar-refractivity contribution in [2.75, 3.05) is 7.05 Å². The summed E-state index contributed by atoms with van der Waals surface area (Å²) in [6.07, 6.45) is 1.54. The van der Waals surface area contributed by atoms with Crippen LogP contribution in [0.5, 0.6) is 0 Å². The lowest BCUT2D eigenvalue weighted by molar-refractivity contribution is -0.127. The lowest BCUT2D eigenvalue weighted by Gasteiger charge is -2.25. The fraction of sp³-hybridized carbons (Fsp3) is 0.316. The molecule has 3 rings (SSSR count). The third-order valence-electron chi connectivity index (χ3n) is 4.50. The van der Waals surface area contributed by atoms with Crippen molar-refractivity contribution in [2.45, 2.75) is 31.7 Å². The van der Waals surface area contributed by atoms with Crippen molar-refractivity contribution < 1.29 is 4.79 Å². The molecule has 0 aliphatic carbocycles. The number of carbonyl (C=O) groups excluding carboxylic acids is 1. The normalized spacial score (nSPS) is 21.8. The van der Waals surface area contributed by atoms with Crippen molar-refractivity contribution in [3.63, 3.8) is 0 Å². The summed E-state index contributed by atoms with van der Waals surface area (Å²) in [6, 6.07) is 19.3. The molecule has 1 aliphatic heterocycles. The van der Waals surface area contributed by atoms with Gasteiger partial charge in [-0.25, -0.2) is 0 Å². The van der Waals surface area contributed by atoms with Crippen molar-refractivity contribution in [2.24, 2.45) is 0 Å². The first-order chi connectivity index (χ1) is 10.1. The fourth-order valence-electron chi connectivity index (χ4n) is 3.32. The molecule has 0 bridgehead atoms. The third kappa shape index (κ3) is 2.85. The highest BCUT2D eigenvalue weighted by molar-refractivity contribution is 5.80. The van der Waals surface area contributed by atoms with E-state index in [4.69, 9.17) is 0 Å². The van der Waals surface area contributed by atoms with Gasteiger partial charge in [0.1, 0.15) is 0 Å². The van der Waals surface area contributed by atoms with Gasteiger partial charge in [-0.2, -0.15) is 0 Å². The Balaban J connectivity index is 1.88.